The Kier molecular flexibility index (Phi) is 5.74. The van der Waals surface area contributed by atoms with Crippen LogP contribution in [0.3, 0.4) is 0 Å². The summed E-state index contributed by atoms with van der Waals surface area (Å²) in [5.41, 5.74) is 1.42. The number of hydrogen-bond acceptors (Lipinski definition) is 4. The van der Waals surface area contributed by atoms with Crippen LogP contribution in [0, 0.1) is 12.7 Å². The number of halogens is 4. The predicted molar refractivity (Wildman–Crippen MR) is 109 cm³/mol. The molecule has 1 saturated heterocycles. The number of hydrogen-bond donors (Lipinski definition) is 0. The first-order valence-electron chi connectivity index (χ1n) is 9.08. The van der Waals surface area contributed by atoms with E-state index in [2.05, 4.69) is 15.0 Å². The Bertz CT molecular complexity index is 1030. The van der Waals surface area contributed by atoms with Crippen LogP contribution in [0.4, 0.5) is 19.0 Å². The molecule has 3 aromatic rings. The van der Waals surface area contributed by atoms with E-state index in [9.17, 15) is 13.2 Å². The lowest BCUT2D eigenvalue weighted by molar-refractivity contribution is 0.147. The molecule has 0 spiro atoms. The van der Waals surface area contributed by atoms with Gasteiger partial charge in [-0.1, -0.05) is 11.6 Å². The molecule has 2 aromatic heterocycles. The third kappa shape index (κ3) is 4.38. The van der Waals surface area contributed by atoms with Gasteiger partial charge in [-0.05, 0) is 37.6 Å². The van der Waals surface area contributed by atoms with Crippen LogP contribution in [-0.4, -0.2) is 33.1 Å². The molecule has 9 heteroatoms. The molecule has 0 bridgehead atoms. The summed E-state index contributed by atoms with van der Waals surface area (Å²) < 4.78 is 41.7. The van der Waals surface area contributed by atoms with Gasteiger partial charge in [-0.15, -0.1) is 11.8 Å². The highest BCUT2D eigenvalue weighted by Crippen LogP contribution is 2.38. The van der Waals surface area contributed by atoms with E-state index in [-0.39, 0.29) is 10.8 Å². The average Bonchev–Trinajstić information content (AvgIpc) is 3.29. The summed E-state index contributed by atoms with van der Waals surface area (Å²) in [6.07, 6.45) is -0.251. The van der Waals surface area contributed by atoms with Crippen molar-refractivity contribution in [1.29, 1.82) is 0 Å². The minimum absolute atomic E-state index is 0.114. The second-order valence-corrected chi connectivity index (χ2v) is 8.58. The van der Waals surface area contributed by atoms with Crippen molar-refractivity contribution >= 4 is 29.2 Å². The fourth-order valence-corrected chi connectivity index (χ4v) is 4.87. The molecule has 1 aliphatic heterocycles. The predicted octanol–water partition coefficient (Wildman–Crippen LogP) is 5.68. The Labute approximate surface area is 175 Å². The highest BCUT2D eigenvalue weighted by Gasteiger charge is 2.28. The smallest absolute Gasteiger partial charge is 0.265 e. The molecule has 0 amide bonds. The highest BCUT2D eigenvalue weighted by molar-refractivity contribution is 8.00. The van der Waals surface area contributed by atoms with Crippen LogP contribution < -0.4 is 4.90 Å². The maximum absolute atomic E-state index is 13.4. The molecule has 1 aliphatic rings. The van der Waals surface area contributed by atoms with Crippen LogP contribution in [0.1, 0.15) is 24.1 Å². The molecule has 1 aromatic carbocycles. The van der Waals surface area contributed by atoms with Crippen LogP contribution in [0.5, 0.6) is 0 Å². The molecule has 29 heavy (non-hydrogen) atoms. The quantitative estimate of drug-likeness (QED) is 0.480. The minimum atomic E-state index is -2.70. The Balaban J connectivity index is 1.54. The third-order valence-electron chi connectivity index (χ3n) is 4.74. The molecule has 0 radical (unpaired) electrons. The number of alkyl halides is 2. The normalized spacial score (nSPS) is 16.8. The zero-order valence-corrected chi connectivity index (χ0v) is 17.1. The van der Waals surface area contributed by atoms with E-state index in [1.807, 2.05) is 23.7 Å². The number of pyridine rings is 1. The second-order valence-electron chi connectivity index (χ2n) is 6.85. The maximum atomic E-state index is 13.4. The summed E-state index contributed by atoms with van der Waals surface area (Å²) in [6.45, 7) is 3.36. The van der Waals surface area contributed by atoms with Crippen molar-refractivity contribution in [2.24, 2.45) is 0 Å². The first-order valence-corrected chi connectivity index (χ1v) is 10.3. The van der Waals surface area contributed by atoms with Crippen LogP contribution in [-0.2, 0) is 0 Å². The van der Waals surface area contributed by atoms with Gasteiger partial charge >= 0.3 is 0 Å². The van der Waals surface area contributed by atoms with Gasteiger partial charge in [0, 0.05) is 47.1 Å². The third-order valence-corrected chi connectivity index (χ3v) is 6.29. The molecule has 3 heterocycles. The van der Waals surface area contributed by atoms with E-state index in [1.165, 1.54) is 23.9 Å². The topological polar surface area (TPSA) is 34.0 Å². The molecule has 1 fully saturated rings. The molecule has 1 unspecified atom stereocenters. The van der Waals surface area contributed by atoms with Crippen molar-refractivity contribution in [1.82, 2.24) is 14.8 Å². The molecule has 0 N–H and O–H groups in total. The first-order chi connectivity index (χ1) is 13.9. The largest absolute Gasteiger partial charge is 0.355 e. The summed E-state index contributed by atoms with van der Waals surface area (Å²) in [5, 5.41) is 5.06. The molecule has 0 saturated carbocycles. The van der Waals surface area contributed by atoms with Crippen molar-refractivity contribution in [3.8, 4) is 5.69 Å². The van der Waals surface area contributed by atoms with Gasteiger partial charge in [-0.25, -0.2) is 22.8 Å². The SMILES string of the molecule is Cc1cc(N2CCC(Sc3ccc(F)cc3C(F)F)C2)n(-c2ccnc(Cl)c2)n1. The number of rotatable bonds is 5. The summed E-state index contributed by atoms with van der Waals surface area (Å²) >= 11 is 7.40. The molecule has 152 valence electrons. The Hall–Kier alpha value is -2.19. The van der Waals surface area contributed by atoms with Crippen molar-refractivity contribution in [2.45, 2.75) is 29.9 Å². The van der Waals surface area contributed by atoms with Gasteiger partial charge in [0.15, 0.2) is 0 Å². The summed E-state index contributed by atoms with van der Waals surface area (Å²) in [7, 11) is 0. The lowest BCUT2D eigenvalue weighted by Gasteiger charge is -2.20. The number of nitrogens with zero attached hydrogens (tertiary/aromatic N) is 4. The molecule has 4 nitrogen and oxygen atoms in total. The zero-order valence-electron chi connectivity index (χ0n) is 15.5. The number of benzene rings is 1. The number of aromatic nitrogens is 3. The summed E-state index contributed by atoms with van der Waals surface area (Å²) in [6, 6.07) is 9.16. The van der Waals surface area contributed by atoms with Gasteiger partial charge in [-0.2, -0.15) is 5.10 Å². The lowest BCUT2D eigenvalue weighted by atomic mass is 10.2. The first kappa shape index (κ1) is 20.1. The summed E-state index contributed by atoms with van der Waals surface area (Å²) in [5.74, 6) is 0.272. The number of aryl methyl sites for hydroxylation is 1. The van der Waals surface area contributed by atoms with E-state index in [4.69, 9.17) is 11.6 Å². The maximum Gasteiger partial charge on any atom is 0.265 e. The van der Waals surface area contributed by atoms with Crippen LogP contribution in [0.2, 0.25) is 5.15 Å². The minimum Gasteiger partial charge on any atom is -0.355 e. The van der Waals surface area contributed by atoms with E-state index >= 15 is 0 Å². The van der Waals surface area contributed by atoms with Crippen LogP contribution >= 0.6 is 23.4 Å². The van der Waals surface area contributed by atoms with E-state index in [0.717, 1.165) is 36.2 Å². The molecular formula is C20H18ClF3N4S. The van der Waals surface area contributed by atoms with Gasteiger partial charge in [0.05, 0.1) is 11.4 Å². The monoisotopic (exact) mass is 438 g/mol. The molecule has 1 atom stereocenters. The summed E-state index contributed by atoms with van der Waals surface area (Å²) in [4.78, 5) is 6.61. The standard InChI is InChI=1S/C20H18ClF3N4S/c1-12-8-19(28(26-12)14-4-6-25-18(21)10-14)27-7-5-15(11-27)29-17-3-2-13(22)9-16(17)20(23)24/h2-4,6,8-10,15,20H,5,7,11H2,1H3. The van der Waals surface area contributed by atoms with Crippen molar-refractivity contribution in [2.75, 3.05) is 18.0 Å². The fraction of sp³-hybridized carbons (Fsp3) is 0.300. The Morgan fingerprint density at radius 3 is 2.79 bits per heavy atom. The number of thioether (sulfide) groups is 1. The Morgan fingerprint density at radius 1 is 1.21 bits per heavy atom. The molecule has 4 rings (SSSR count). The Morgan fingerprint density at radius 2 is 2.03 bits per heavy atom. The fourth-order valence-electron chi connectivity index (χ4n) is 3.43. The van der Waals surface area contributed by atoms with E-state index < -0.39 is 12.2 Å². The van der Waals surface area contributed by atoms with Crippen molar-refractivity contribution < 1.29 is 13.2 Å². The van der Waals surface area contributed by atoms with Crippen LogP contribution in [0.25, 0.3) is 5.69 Å². The van der Waals surface area contributed by atoms with Gasteiger partial charge in [0.2, 0.25) is 0 Å². The van der Waals surface area contributed by atoms with Gasteiger partial charge in [0.25, 0.3) is 6.43 Å². The van der Waals surface area contributed by atoms with Gasteiger partial charge < -0.3 is 4.90 Å². The second kappa shape index (κ2) is 8.28. The van der Waals surface area contributed by atoms with Crippen molar-refractivity contribution in [3.63, 3.8) is 0 Å². The molecule has 0 aliphatic carbocycles. The lowest BCUT2D eigenvalue weighted by Crippen LogP contribution is -2.23. The van der Waals surface area contributed by atoms with Crippen LogP contribution in [0.15, 0.2) is 47.5 Å². The van der Waals surface area contributed by atoms with Gasteiger partial charge in [-0.3, -0.25) is 0 Å². The molecular weight excluding hydrogens is 421 g/mol. The zero-order chi connectivity index (χ0) is 20.5. The van der Waals surface area contributed by atoms with E-state index in [1.54, 1.807) is 12.3 Å². The average molecular weight is 439 g/mol. The van der Waals surface area contributed by atoms with Gasteiger partial charge in [0.1, 0.15) is 16.8 Å². The number of anilines is 1. The van der Waals surface area contributed by atoms with Crippen molar-refractivity contribution in [3.05, 3.63) is 64.8 Å². The van der Waals surface area contributed by atoms with E-state index in [0.29, 0.717) is 16.6 Å². The highest BCUT2D eigenvalue weighted by atomic mass is 35.5.